The van der Waals surface area contributed by atoms with Crippen molar-refractivity contribution in [3.05, 3.63) is 93.6 Å². The highest BCUT2D eigenvalue weighted by Gasteiger charge is 2.22. The molecule has 3 aromatic carbocycles. The van der Waals surface area contributed by atoms with Crippen molar-refractivity contribution in [1.29, 1.82) is 0 Å². The monoisotopic (exact) mass is 560 g/mol. The number of aromatic nitrogens is 1. The highest BCUT2D eigenvalue weighted by atomic mass is 79.9. The Bertz CT molecular complexity index is 1510. The Kier molecular flexibility index (Phi) is 7.23. The molecule has 0 bridgehead atoms. The van der Waals surface area contributed by atoms with Crippen LogP contribution >= 0.6 is 15.9 Å². The second kappa shape index (κ2) is 10.2. The lowest BCUT2D eigenvalue weighted by Crippen LogP contribution is -2.36. The van der Waals surface area contributed by atoms with E-state index in [2.05, 4.69) is 52.8 Å². The van der Waals surface area contributed by atoms with Gasteiger partial charge in [0.05, 0.1) is 5.52 Å². The average molecular weight is 561 g/mol. The minimum Gasteiger partial charge on any atom is -0.320 e. The molecule has 0 saturated heterocycles. The average Bonchev–Trinajstić information content (AvgIpc) is 3.19. The van der Waals surface area contributed by atoms with Gasteiger partial charge in [0.1, 0.15) is 5.69 Å². The number of anilines is 2. The van der Waals surface area contributed by atoms with Crippen molar-refractivity contribution in [2.75, 3.05) is 16.1 Å². The van der Waals surface area contributed by atoms with Crippen molar-refractivity contribution < 1.29 is 14.4 Å². The second-order valence-corrected chi connectivity index (χ2v) is 10.9. The van der Waals surface area contributed by atoms with Crippen molar-refractivity contribution in [2.24, 2.45) is 0 Å². The molecule has 4 aromatic rings. The number of nitrogens with zero attached hydrogens (tertiary/aromatic N) is 1. The molecule has 0 radical (unpaired) electrons. The van der Waals surface area contributed by atoms with E-state index in [0.717, 1.165) is 26.5 Å². The zero-order valence-corrected chi connectivity index (χ0v) is 23.0. The van der Waals surface area contributed by atoms with Gasteiger partial charge in [-0.25, -0.2) is 4.68 Å². The predicted octanol–water partition coefficient (Wildman–Crippen LogP) is 6.28. The summed E-state index contributed by atoms with van der Waals surface area (Å²) in [6, 6.07) is 20.1. The first-order valence-electron chi connectivity index (χ1n) is 11.9. The van der Waals surface area contributed by atoms with Gasteiger partial charge in [0, 0.05) is 21.2 Å². The second-order valence-electron chi connectivity index (χ2n) is 9.99. The maximum atomic E-state index is 13.3. The van der Waals surface area contributed by atoms with Crippen molar-refractivity contribution in [3.8, 4) is 0 Å². The van der Waals surface area contributed by atoms with Crippen LogP contribution in [0.4, 0.5) is 11.4 Å². The van der Waals surface area contributed by atoms with Crippen LogP contribution in [0.3, 0.4) is 0 Å². The van der Waals surface area contributed by atoms with E-state index in [1.807, 2.05) is 50.2 Å². The smallest absolute Gasteiger partial charge is 0.320 e. The quantitative estimate of drug-likeness (QED) is 0.256. The van der Waals surface area contributed by atoms with Gasteiger partial charge in [0.2, 0.25) is 0 Å². The summed E-state index contributed by atoms with van der Waals surface area (Å²) >= 11 is 3.44. The minimum atomic E-state index is -0.902. The highest BCUT2D eigenvalue weighted by Crippen LogP contribution is 2.26. The first-order valence-corrected chi connectivity index (χ1v) is 12.6. The molecule has 1 heterocycles. The van der Waals surface area contributed by atoms with Crippen LogP contribution in [-0.2, 0) is 15.0 Å². The summed E-state index contributed by atoms with van der Waals surface area (Å²) in [5.41, 5.74) is 7.60. The molecule has 190 valence electrons. The van der Waals surface area contributed by atoms with Crippen LogP contribution in [0, 0.1) is 13.8 Å². The van der Waals surface area contributed by atoms with E-state index in [1.165, 1.54) is 4.68 Å². The van der Waals surface area contributed by atoms with Crippen LogP contribution in [-0.4, -0.2) is 22.4 Å². The third-order valence-electron chi connectivity index (χ3n) is 6.28. The summed E-state index contributed by atoms with van der Waals surface area (Å²) in [4.78, 5) is 38.9. The summed E-state index contributed by atoms with van der Waals surface area (Å²) in [5.74, 6) is -2.16. The van der Waals surface area contributed by atoms with Crippen LogP contribution in [0.1, 0.15) is 48.0 Å². The Morgan fingerprint density at radius 3 is 2.22 bits per heavy atom. The van der Waals surface area contributed by atoms with E-state index >= 15 is 0 Å². The number of carbonyl (C=O) groups excluding carboxylic acids is 3. The van der Waals surface area contributed by atoms with Gasteiger partial charge >= 0.3 is 11.8 Å². The van der Waals surface area contributed by atoms with Gasteiger partial charge in [0.25, 0.3) is 5.91 Å². The fourth-order valence-corrected chi connectivity index (χ4v) is 4.32. The molecule has 7 nitrogen and oxygen atoms in total. The molecule has 37 heavy (non-hydrogen) atoms. The van der Waals surface area contributed by atoms with Gasteiger partial charge in [0.15, 0.2) is 0 Å². The zero-order valence-electron chi connectivity index (χ0n) is 21.4. The van der Waals surface area contributed by atoms with E-state index in [1.54, 1.807) is 30.3 Å². The number of benzene rings is 3. The maximum Gasteiger partial charge on any atom is 0.328 e. The molecule has 3 amide bonds. The molecule has 0 aliphatic carbocycles. The number of nitrogens with one attached hydrogen (secondary N) is 3. The molecule has 0 saturated carbocycles. The molecular formula is C29H29BrN4O3. The Hall–Kier alpha value is -3.91. The number of hydrogen-bond donors (Lipinski definition) is 3. The number of amides is 3. The maximum absolute atomic E-state index is 13.3. The Balaban J connectivity index is 1.60. The van der Waals surface area contributed by atoms with Crippen LogP contribution in [0.2, 0.25) is 0 Å². The molecule has 0 fully saturated rings. The fraction of sp³-hybridized carbons (Fsp3) is 0.207. The van der Waals surface area contributed by atoms with E-state index in [-0.39, 0.29) is 11.1 Å². The lowest BCUT2D eigenvalue weighted by molar-refractivity contribution is -0.133. The number of aryl methyl sites for hydroxylation is 1. The van der Waals surface area contributed by atoms with Gasteiger partial charge < -0.3 is 10.6 Å². The summed E-state index contributed by atoms with van der Waals surface area (Å²) in [6.07, 6.45) is 0. The normalized spacial score (nSPS) is 11.3. The molecule has 8 heteroatoms. The first-order chi connectivity index (χ1) is 17.4. The summed E-state index contributed by atoms with van der Waals surface area (Å²) in [5, 5.41) is 6.26. The molecule has 0 aliphatic heterocycles. The topological polar surface area (TPSA) is 92.2 Å². The van der Waals surface area contributed by atoms with E-state index in [0.29, 0.717) is 16.9 Å². The van der Waals surface area contributed by atoms with Crippen molar-refractivity contribution in [2.45, 2.75) is 40.0 Å². The predicted molar refractivity (Wildman–Crippen MR) is 152 cm³/mol. The lowest BCUT2D eigenvalue weighted by Gasteiger charge is -2.19. The molecule has 0 spiro atoms. The third-order valence-corrected chi connectivity index (χ3v) is 6.77. The molecule has 0 unspecified atom stereocenters. The zero-order chi connectivity index (χ0) is 26.9. The number of carbonyl (C=O) groups is 3. The van der Waals surface area contributed by atoms with Gasteiger partial charge in [-0.1, -0.05) is 61.0 Å². The van der Waals surface area contributed by atoms with E-state index < -0.39 is 17.7 Å². The van der Waals surface area contributed by atoms with Gasteiger partial charge in [-0.15, -0.1) is 0 Å². The molecule has 4 rings (SSSR count). The number of rotatable bonds is 4. The Morgan fingerprint density at radius 1 is 0.838 bits per heavy atom. The number of hydrogen-bond acceptors (Lipinski definition) is 3. The van der Waals surface area contributed by atoms with Gasteiger partial charge in [-0.05, 0) is 78.4 Å². The Morgan fingerprint density at radius 2 is 1.54 bits per heavy atom. The van der Waals surface area contributed by atoms with Gasteiger partial charge in [-0.2, -0.15) is 0 Å². The third kappa shape index (κ3) is 5.75. The molecule has 0 aliphatic rings. The Labute approximate surface area is 224 Å². The molecule has 3 N–H and O–H groups in total. The molecule has 1 aromatic heterocycles. The summed E-state index contributed by atoms with van der Waals surface area (Å²) in [6.45, 7) is 10.2. The summed E-state index contributed by atoms with van der Waals surface area (Å²) in [7, 11) is 0. The first kappa shape index (κ1) is 26.2. The van der Waals surface area contributed by atoms with Crippen molar-refractivity contribution in [3.63, 3.8) is 0 Å². The SMILES string of the molecule is Cc1cccc(NC(=O)c2cc3cc(Br)ccc3n2NC(=O)C(=O)Nc2ccc(C(C)(C)C)cc2)c1C. The van der Waals surface area contributed by atoms with Crippen LogP contribution in [0.5, 0.6) is 0 Å². The van der Waals surface area contributed by atoms with Crippen LogP contribution in [0.25, 0.3) is 10.9 Å². The fourth-order valence-electron chi connectivity index (χ4n) is 3.94. The molecule has 0 atom stereocenters. The van der Waals surface area contributed by atoms with E-state index in [9.17, 15) is 14.4 Å². The minimum absolute atomic E-state index is 0.0294. The van der Waals surface area contributed by atoms with E-state index in [4.69, 9.17) is 0 Å². The summed E-state index contributed by atoms with van der Waals surface area (Å²) < 4.78 is 2.16. The van der Waals surface area contributed by atoms with Crippen LogP contribution in [0.15, 0.2) is 71.2 Å². The lowest BCUT2D eigenvalue weighted by atomic mass is 9.87. The molecular weight excluding hydrogens is 532 g/mol. The van der Waals surface area contributed by atoms with Crippen molar-refractivity contribution in [1.82, 2.24) is 4.68 Å². The number of halogens is 1. The van der Waals surface area contributed by atoms with Crippen LogP contribution < -0.4 is 16.1 Å². The standard InChI is InChI=1S/C29H29BrN4O3/c1-17-7-6-8-23(18(17)2)32-26(35)25-16-19-15-21(30)11-14-24(19)34(25)33-28(37)27(36)31-22-12-9-20(10-13-22)29(3,4)5/h6-16H,1-5H3,(H,31,36)(H,32,35)(H,33,37). The van der Waals surface area contributed by atoms with Crippen molar-refractivity contribution >= 4 is 55.9 Å². The number of fused-ring (bicyclic) bond motifs is 1. The van der Waals surface area contributed by atoms with Gasteiger partial charge in [-0.3, -0.25) is 19.8 Å². The highest BCUT2D eigenvalue weighted by molar-refractivity contribution is 9.10. The largest absolute Gasteiger partial charge is 0.328 e.